The number of likely N-dealkylation sites (N-methyl/N-ethyl adjacent to an activating group) is 1. The summed E-state index contributed by atoms with van der Waals surface area (Å²) in [6.45, 7) is 2.05. The van der Waals surface area contributed by atoms with Crippen LogP contribution in [0.4, 0.5) is 0 Å². The number of rotatable bonds is 5. The Morgan fingerprint density at radius 1 is 1.15 bits per heavy atom. The number of phenolic OH excluding ortho intramolecular Hbond substituents is 1. The van der Waals surface area contributed by atoms with Crippen molar-refractivity contribution < 1.29 is 9.84 Å². The van der Waals surface area contributed by atoms with Crippen LogP contribution < -0.4 is 10.1 Å². The van der Waals surface area contributed by atoms with Crippen molar-refractivity contribution in [2.75, 3.05) is 14.2 Å². The van der Waals surface area contributed by atoms with Gasteiger partial charge in [0.25, 0.3) is 0 Å². The van der Waals surface area contributed by atoms with E-state index in [4.69, 9.17) is 4.74 Å². The summed E-state index contributed by atoms with van der Waals surface area (Å²) >= 11 is 0. The highest BCUT2D eigenvalue weighted by molar-refractivity contribution is 5.38. The van der Waals surface area contributed by atoms with Crippen LogP contribution in [0.2, 0.25) is 0 Å². The van der Waals surface area contributed by atoms with Gasteiger partial charge >= 0.3 is 0 Å². The van der Waals surface area contributed by atoms with Gasteiger partial charge in [0.2, 0.25) is 0 Å². The van der Waals surface area contributed by atoms with Gasteiger partial charge in [-0.05, 0) is 55.3 Å². The summed E-state index contributed by atoms with van der Waals surface area (Å²) in [4.78, 5) is 0. The number of hydrogen-bond acceptors (Lipinski definition) is 3. The minimum atomic E-state index is 0.240. The first-order valence-electron chi connectivity index (χ1n) is 6.73. The quantitative estimate of drug-likeness (QED) is 0.877. The molecule has 3 heteroatoms. The van der Waals surface area contributed by atoms with Crippen LogP contribution in [0.25, 0.3) is 0 Å². The van der Waals surface area contributed by atoms with Crippen LogP contribution in [0.3, 0.4) is 0 Å². The van der Waals surface area contributed by atoms with E-state index in [1.807, 2.05) is 25.2 Å². The molecule has 20 heavy (non-hydrogen) atoms. The normalized spacial score (nSPS) is 12.2. The molecule has 0 bridgehead atoms. The second kappa shape index (κ2) is 6.44. The van der Waals surface area contributed by atoms with E-state index in [0.29, 0.717) is 5.75 Å². The van der Waals surface area contributed by atoms with Gasteiger partial charge in [-0.15, -0.1) is 0 Å². The fraction of sp³-hybridized carbons (Fsp3) is 0.294. The molecule has 0 radical (unpaired) electrons. The summed E-state index contributed by atoms with van der Waals surface area (Å²) in [6.07, 6.45) is 0.878. The van der Waals surface area contributed by atoms with E-state index in [1.54, 1.807) is 19.2 Å². The van der Waals surface area contributed by atoms with Crippen molar-refractivity contribution in [1.82, 2.24) is 5.32 Å². The Labute approximate surface area is 120 Å². The Balaban J connectivity index is 2.19. The Bertz CT molecular complexity index is 564. The molecule has 106 valence electrons. The SMILES string of the molecule is CNC(Cc1ccc(O)cc1)c1ccc(OC)c(C)c1. The van der Waals surface area contributed by atoms with Gasteiger partial charge < -0.3 is 15.2 Å². The van der Waals surface area contributed by atoms with E-state index in [-0.39, 0.29) is 6.04 Å². The molecule has 0 fully saturated rings. The molecule has 0 aliphatic carbocycles. The first-order chi connectivity index (χ1) is 9.63. The first kappa shape index (κ1) is 14.4. The molecule has 3 nitrogen and oxygen atoms in total. The maximum Gasteiger partial charge on any atom is 0.121 e. The van der Waals surface area contributed by atoms with Crippen molar-refractivity contribution in [1.29, 1.82) is 0 Å². The Hall–Kier alpha value is -2.00. The van der Waals surface area contributed by atoms with E-state index in [1.165, 1.54) is 11.1 Å². The molecular formula is C17H21NO2. The number of hydrogen-bond donors (Lipinski definition) is 2. The van der Waals surface area contributed by atoms with Crippen molar-refractivity contribution in [3.05, 3.63) is 59.2 Å². The number of nitrogens with one attached hydrogen (secondary N) is 1. The molecule has 2 aromatic carbocycles. The van der Waals surface area contributed by atoms with Gasteiger partial charge in [-0.2, -0.15) is 0 Å². The van der Waals surface area contributed by atoms with Crippen LogP contribution in [0, 0.1) is 6.92 Å². The Morgan fingerprint density at radius 2 is 1.85 bits per heavy atom. The zero-order valence-electron chi connectivity index (χ0n) is 12.2. The Morgan fingerprint density at radius 3 is 2.40 bits per heavy atom. The van der Waals surface area contributed by atoms with Gasteiger partial charge in [0, 0.05) is 6.04 Å². The zero-order chi connectivity index (χ0) is 14.5. The van der Waals surface area contributed by atoms with E-state index in [2.05, 4.69) is 24.4 Å². The van der Waals surface area contributed by atoms with Gasteiger partial charge in [0.05, 0.1) is 7.11 Å². The summed E-state index contributed by atoms with van der Waals surface area (Å²) < 4.78 is 5.30. The molecule has 1 unspecified atom stereocenters. The minimum Gasteiger partial charge on any atom is -0.508 e. The monoisotopic (exact) mass is 271 g/mol. The molecule has 0 amide bonds. The second-order valence-electron chi connectivity index (χ2n) is 4.94. The lowest BCUT2D eigenvalue weighted by molar-refractivity contribution is 0.411. The number of phenols is 1. The largest absolute Gasteiger partial charge is 0.508 e. The minimum absolute atomic E-state index is 0.240. The number of benzene rings is 2. The van der Waals surface area contributed by atoms with Gasteiger partial charge in [0.1, 0.15) is 11.5 Å². The zero-order valence-corrected chi connectivity index (χ0v) is 12.2. The van der Waals surface area contributed by atoms with Crippen molar-refractivity contribution >= 4 is 0 Å². The highest BCUT2D eigenvalue weighted by Gasteiger charge is 2.11. The standard InChI is InChI=1S/C17H21NO2/c1-12-10-14(6-9-17(12)20-3)16(18-2)11-13-4-7-15(19)8-5-13/h4-10,16,18-19H,11H2,1-3H3. The van der Waals surface area contributed by atoms with E-state index >= 15 is 0 Å². The van der Waals surface area contributed by atoms with Crippen LogP contribution >= 0.6 is 0 Å². The van der Waals surface area contributed by atoms with Crippen LogP contribution in [-0.2, 0) is 6.42 Å². The number of ether oxygens (including phenoxy) is 1. The van der Waals surface area contributed by atoms with Gasteiger partial charge in [0.15, 0.2) is 0 Å². The summed E-state index contributed by atoms with van der Waals surface area (Å²) in [7, 11) is 3.65. The molecule has 0 spiro atoms. The fourth-order valence-electron chi connectivity index (χ4n) is 2.37. The van der Waals surface area contributed by atoms with E-state index in [9.17, 15) is 5.11 Å². The predicted molar refractivity (Wildman–Crippen MR) is 81.3 cm³/mol. The second-order valence-corrected chi connectivity index (χ2v) is 4.94. The lowest BCUT2D eigenvalue weighted by atomic mass is 9.97. The van der Waals surface area contributed by atoms with Crippen molar-refractivity contribution in [2.45, 2.75) is 19.4 Å². The topological polar surface area (TPSA) is 41.5 Å². The van der Waals surface area contributed by atoms with Gasteiger partial charge in [-0.1, -0.05) is 24.3 Å². The van der Waals surface area contributed by atoms with Gasteiger partial charge in [-0.25, -0.2) is 0 Å². The Kier molecular flexibility index (Phi) is 4.64. The highest BCUT2D eigenvalue weighted by atomic mass is 16.5. The van der Waals surface area contributed by atoms with Crippen LogP contribution in [0.5, 0.6) is 11.5 Å². The molecule has 0 aliphatic rings. The van der Waals surface area contributed by atoms with Gasteiger partial charge in [-0.3, -0.25) is 0 Å². The third-order valence-corrected chi connectivity index (χ3v) is 3.55. The lowest BCUT2D eigenvalue weighted by Crippen LogP contribution is -2.19. The molecule has 1 atom stereocenters. The molecule has 0 aliphatic heterocycles. The maximum atomic E-state index is 9.33. The molecule has 2 rings (SSSR count). The molecule has 0 heterocycles. The number of methoxy groups -OCH3 is 1. The third-order valence-electron chi connectivity index (χ3n) is 3.55. The molecule has 2 N–H and O–H groups in total. The summed E-state index contributed by atoms with van der Waals surface area (Å²) in [5, 5.41) is 12.7. The number of aromatic hydroxyl groups is 1. The van der Waals surface area contributed by atoms with Crippen LogP contribution in [0.1, 0.15) is 22.7 Å². The predicted octanol–water partition coefficient (Wildman–Crippen LogP) is 3.21. The number of aryl methyl sites for hydroxylation is 1. The average molecular weight is 271 g/mol. The average Bonchev–Trinajstić information content (AvgIpc) is 2.46. The van der Waals surface area contributed by atoms with E-state index in [0.717, 1.165) is 17.7 Å². The molecular weight excluding hydrogens is 250 g/mol. The van der Waals surface area contributed by atoms with E-state index < -0.39 is 0 Å². The van der Waals surface area contributed by atoms with Crippen LogP contribution in [0.15, 0.2) is 42.5 Å². The summed E-state index contributed by atoms with van der Waals surface area (Å²) in [6, 6.07) is 13.8. The molecule has 0 aromatic heterocycles. The smallest absolute Gasteiger partial charge is 0.121 e. The van der Waals surface area contributed by atoms with Crippen molar-refractivity contribution in [2.24, 2.45) is 0 Å². The maximum absolute atomic E-state index is 9.33. The fourth-order valence-corrected chi connectivity index (χ4v) is 2.37. The summed E-state index contributed by atoms with van der Waals surface area (Å²) in [5.41, 5.74) is 3.56. The first-order valence-corrected chi connectivity index (χ1v) is 6.73. The molecule has 0 saturated carbocycles. The third kappa shape index (κ3) is 3.31. The molecule has 0 saturated heterocycles. The summed E-state index contributed by atoms with van der Waals surface area (Å²) in [5.74, 6) is 1.21. The van der Waals surface area contributed by atoms with Crippen molar-refractivity contribution in [3.63, 3.8) is 0 Å². The van der Waals surface area contributed by atoms with Crippen LogP contribution in [-0.4, -0.2) is 19.3 Å². The molecule has 2 aromatic rings. The highest BCUT2D eigenvalue weighted by Crippen LogP contribution is 2.25. The van der Waals surface area contributed by atoms with Crippen molar-refractivity contribution in [3.8, 4) is 11.5 Å². The lowest BCUT2D eigenvalue weighted by Gasteiger charge is -2.18.